The van der Waals surface area contributed by atoms with Crippen LogP contribution in [0.25, 0.3) is 11.0 Å². The van der Waals surface area contributed by atoms with Crippen molar-refractivity contribution in [3.8, 4) is 0 Å². The van der Waals surface area contributed by atoms with E-state index in [-0.39, 0.29) is 17.7 Å². The zero-order chi connectivity index (χ0) is 23.4. The van der Waals surface area contributed by atoms with Gasteiger partial charge in [-0.2, -0.15) is 0 Å². The fourth-order valence-electron chi connectivity index (χ4n) is 3.58. The van der Waals surface area contributed by atoms with Gasteiger partial charge in [0.25, 0.3) is 5.91 Å². The molecule has 2 aromatic carbocycles. The molecule has 32 heavy (non-hydrogen) atoms. The predicted octanol–water partition coefficient (Wildman–Crippen LogP) is 7.01. The second-order valence-corrected chi connectivity index (χ2v) is 9.72. The molecule has 170 valence electrons. The molecule has 0 spiro atoms. The summed E-state index contributed by atoms with van der Waals surface area (Å²) in [4.78, 5) is 33.1. The van der Waals surface area contributed by atoms with Crippen LogP contribution in [0.1, 0.15) is 79.5 Å². The van der Waals surface area contributed by atoms with Gasteiger partial charge in [-0.15, -0.1) is 0 Å². The number of Topliss-reactive ketones (excluding diaryl/α,β-unsaturated/α-hetero) is 1. The molecule has 0 saturated carbocycles. The smallest absolute Gasteiger partial charge is 0.251 e. The number of imidazole rings is 1. The Labute approximate surface area is 198 Å². The fraction of sp³-hybridized carbons (Fsp3) is 0.400. The van der Waals surface area contributed by atoms with Crippen LogP contribution in [-0.2, 0) is 0 Å². The summed E-state index contributed by atoms with van der Waals surface area (Å²) in [5, 5.41) is 3.81. The van der Waals surface area contributed by atoms with Crippen LogP contribution in [0.5, 0.6) is 0 Å². The summed E-state index contributed by atoms with van der Waals surface area (Å²) in [5.74, 6) is 1.26. The van der Waals surface area contributed by atoms with Crippen molar-refractivity contribution in [1.29, 1.82) is 0 Å². The normalized spacial score (nSPS) is 13.3. The molecule has 0 aliphatic rings. The Morgan fingerprint density at radius 2 is 1.78 bits per heavy atom. The van der Waals surface area contributed by atoms with Gasteiger partial charge < -0.3 is 10.3 Å². The lowest BCUT2D eigenvalue weighted by atomic mass is 9.93. The van der Waals surface area contributed by atoms with Crippen molar-refractivity contribution in [2.24, 2.45) is 11.8 Å². The van der Waals surface area contributed by atoms with Crippen LogP contribution in [0.2, 0.25) is 10.0 Å². The van der Waals surface area contributed by atoms with Crippen molar-refractivity contribution in [2.45, 2.75) is 53.0 Å². The highest BCUT2D eigenvalue weighted by atomic mass is 35.5. The number of rotatable bonds is 9. The van der Waals surface area contributed by atoms with Crippen molar-refractivity contribution >= 4 is 45.9 Å². The van der Waals surface area contributed by atoms with Crippen molar-refractivity contribution in [3.05, 3.63) is 63.4 Å². The molecular formula is C25H29Cl2N3O2. The lowest BCUT2D eigenvalue weighted by Gasteiger charge is -2.14. The Balaban J connectivity index is 1.65. The van der Waals surface area contributed by atoms with Crippen molar-refractivity contribution in [2.75, 3.05) is 0 Å². The Hall–Kier alpha value is -2.37. The fourth-order valence-corrected chi connectivity index (χ4v) is 4.03. The van der Waals surface area contributed by atoms with Crippen LogP contribution in [0.3, 0.4) is 0 Å². The van der Waals surface area contributed by atoms with Gasteiger partial charge in [-0.3, -0.25) is 9.59 Å². The topological polar surface area (TPSA) is 74.8 Å². The van der Waals surface area contributed by atoms with E-state index in [1.165, 1.54) is 0 Å². The first-order valence-corrected chi connectivity index (χ1v) is 11.7. The maximum absolute atomic E-state index is 12.7. The first kappa shape index (κ1) is 24.3. The number of aromatic nitrogens is 2. The minimum Gasteiger partial charge on any atom is -0.342 e. The van der Waals surface area contributed by atoms with E-state index in [0.29, 0.717) is 45.3 Å². The summed E-state index contributed by atoms with van der Waals surface area (Å²) in [6.45, 7) is 8.29. The summed E-state index contributed by atoms with van der Waals surface area (Å²) < 4.78 is 0. The predicted molar refractivity (Wildman–Crippen MR) is 131 cm³/mol. The van der Waals surface area contributed by atoms with Crippen LogP contribution in [0.15, 0.2) is 36.4 Å². The van der Waals surface area contributed by atoms with Gasteiger partial charge in [0.15, 0.2) is 5.78 Å². The molecule has 0 aliphatic heterocycles. The number of ketones is 1. The van der Waals surface area contributed by atoms with Gasteiger partial charge in [0.05, 0.1) is 22.1 Å². The molecule has 2 unspecified atom stereocenters. The third kappa shape index (κ3) is 6.11. The van der Waals surface area contributed by atoms with Crippen LogP contribution in [-0.4, -0.2) is 21.7 Å². The molecule has 0 saturated heterocycles. The number of nitrogens with one attached hydrogen (secondary N) is 2. The molecule has 3 rings (SSSR count). The minimum atomic E-state index is -0.351. The summed E-state index contributed by atoms with van der Waals surface area (Å²) in [5.41, 5.74) is 2.44. The number of carbonyl (C=O) groups is 2. The average molecular weight is 474 g/mol. The molecule has 2 N–H and O–H groups in total. The summed E-state index contributed by atoms with van der Waals surface area (Å²) in [6, 6.07) is 9.88. The monoisotopic (exact) mass is 473 g/mol. The largest absolute Gasteiger partial charge is 0.342 e. The molecule has 5 nitrogen and oxygen atoms in total. The van der Waals surface area contributed by atoms with Crippen molar-refractivity contribution < 1.29 is 9.59 Å². The third-order valence-electron chi connectivity index (χ3n) is 5.52. The Morgan fingerprint density at radius 1 is 1.03 bits per heavy atom. The maximum atomic E-state index is 12.7. The van der Waals surface area contributed by atoms with Gasteiger partial charge in [-0.25, -0.2) is 4.98 Å². The van der Waals surface area contributed by atoms with E-state index in [9.17, 15) is 9.59 Å². The van der Waals surface area contributed by atoms with Gasteiger partial charge in [-0.05, 0) is 55.2 Å². The number of hydrogen-bond acceptors (Lipinski definition) is 3. The molecule has 1 amide bonds. The number of halogens is 2. The highest BCUT2D eigenvalue weighted by molar-refractivity contribution is 6.34. The molecular weight excluding hydrogens is 445 g/mol. The van der Waals surface area contributed by atoms with E-state index in [1.807, 2.05) is 13.0 Å². The van der Waals surface area contributed by atoms with E-state index < -0.39 is 0 Å². The molecule has 2 atom stereocenters. The number of benzene rings is 2. The summed E-state index contributed by atoms with van der Waals surface area (Å²) in [7, 11) is 0. The molecule has 0 aliphatic carbocycles. The summed E-state index contributed by atoms with van der Waals surface area (Å²) >= 11 is 12.4. The van der Waals surface area contributed by atoms with Crippen molar-refractivity contribution in [1.82, 2.24) is 15.3 Å². The van der Waals surface area contributed by atoms with Crippen LogP contribution in [0, 0.1) is 11.8 Å². The Kier molecular flexibility index (Phi) is 7.96. The van der Waals surface area contributed by atoms with Gasteiger partial charge in [0.1, 0.15) is 5.82 Å². The SMILES string of the molecule is CC(C)CCC(C)CC(=O)c1ccc(C(=O)NC(C)c2nc3cc(Cl)ccc3[nH]2)cc1Cl. The van der Waals surface area contributed by atoms with Gasteiger partial charge in [-0.1, -0.05) is 56.8 Å². The van der Waals surface area contributed by atoms with E-state index in [1.54, 1.807) is 30.3 Å². The van der Waals surface area contributed by atoms with Crippen LogP contribution < -0.4 is 5.32 Å². The number of amides is 1. The number of hydrogen-bond donors (Lipinski definition) is 2. The molecule has 0 radical (unpaired) electrons. The van der Waals surface area contributed by atoms with Gasteiger partial charge in [0, 0.05) is 22.6 Å². The minimum absolute atomic E-state index is 0.00696. The number of aromatic amines is 1. The first-order valence-electron chi connectivity index (χ1n) is 10.9. The lowest BCUT2D eigenvalue weighted by Crippen LogP contribution is -2.27. The highest BCUT2D eigenvalue weighted by Gasteiger charge is 2.19. The van der Waals surface area contributed by atoms with E-state index >= 15 is 0 Å². The van der Waals surface area contributed by atoms with E-state index in [0.717, 1.165) is 23.9 Å². The zero-order valence-electron chi connectivity index (χ0n) is 18.8. The average Bonchev–Trinajstić information content (AvgIpc) is 3.15. The third-order valence-corrected chi connectivity index (χ3v) is 6.07. The van der Waals surface area contributed by atoms with Crippen LogP contribution >= 0.6 is 23.2 Å². The number of carbonyl (C=O) groups excluding carboxylic acids is 2. The zero-order valence-corrected chi connectivity index (χ0v) is 20.3. The Morgan fingerprint density at radius 3 is 2.47 bits per heavy atom. The maximum Gasteiger partial charge on any atom is 0.251 e. The van der Waals surface area contributed by atoms with E-state index in [4.69, 9.17) is 23.2 Å². The Bertz CT molecular complexity index is 1120. The number of fused-ring (bicyclic) bond motifs is 1. The summed E-state index contributed by atoms with van der Waals surface area (Å²) in [6.07, 6.45) is 2.55. The lowest BCUT2D eigenvalue weighted by molar-refractivity contribution is 0.0933. The van der Waals surface area contributed by atoms with Crippen LogP contribution in [0.4, 0.5) is 0 Å². The molecule has 0 bridgehead atoms. The second kappa shape index (κ2) is 10.5. The number of H-pyrrole nitrogens is 1. The molecule has 1 heterocycles. The number of nitrogens with zero attached hydrogens (tertiary/aromatic N) is 1. The first-order chi connectivity index (χ1) is 15.1. The molecule has 1 aromatic heterocycles. The molecule has 0 fully saturated rings. The van der Waals surface area contributed by atoms with Crippen molar-refractivity contribution in [3.63, 3.8) is 0 Å². The molecule has 7 heteroatoms. The quantitative estimate of drug-likeness (QED) is 0.328. The van der Waals surface area contributed by atoms with Gasteiger partial charge in [0.2, 0.25) is 0 Å². The van der Waals surface area contributed by atoms with Gasteiger partial charge >= 0.3 is 0 Å². The standard InChI is InChI=1S/C25H29Cl2N3O2/c1-14(2)5-6-15(3)11-23(31)19-9-7-17(12-20(19)27)25(32)28-16(4)24-29-21-10-8-18(26)13-22(21)30-24/h7-10,12-16H,5-6,11H2,1-4H3,(H,28,32)(H,29,30). The van der Waals surface area contributed by atoms with E-state index in [2.05, 4.69) is 36.1 Å². The highest BCUT2D eigenvalue weighted by Crippen LogP contribution is 2.24. The second-order valence-electron chi connectivity index (χ2n) is 8.88. The molecule has 3 aromatic rings.